The molecule has 0 amide bonds. The minimum Gasteiger partial charge on any atom is -0.468 e. The molecule has 1 rings (SSSR count). The van der Waals surface area contributed by atoms with E-state index in [0.29, 0.717) is 11.3 Å². The average molecular weight is 268 g/mol. The molecule has 7 heteroatoms. The first-order chi connectivity index (χ1) is 8.40. The maximum atomic E-state index is 11.8. The van der Waals surface area contributed by atoms with Crippen LogP contribution >= 0.6 is 0 Å². The number of rotatable bonds is 4. The third kappa shape index (κ3) is 3.21. The number of sulfonamides is 1. The van der Waals surface area contributed by atoms with Crippen LogP contribution in [-0.2, 0) is 19.6 Å². The first kappa shape index (κ1) is 14.0. The van der Waals surface area contributed by atoms with E-state index in [2.05, 4.69) is 4.74 Å². The highest BCUT2D eigenvalue weighted by Gasteiger charge is 2.22. The van der Waals surface area contributed by atoms with Crippen molar-refractivity contribution in [1.29, 1.82) is 5.26 Å². The predicted octanol–water partition coefficient (Wildman–Crippen LogP) is 0.497. The number of carbonyl (C=O) groups excluding carboxylic acids is 1. The van der Waals surface area contributed by atoms with Gasteiger partial charge in [0.25, 0.3) is 0 Å². The van der Waals surface area contributed by atoms with Crippen molar-refractivity contribution in [1.82, 2.24) is 0 Å². The number of nitriles is 1. The van der Waals surface area contributed by atoms with Crippen LogP contribution in [0.2, 0.25) is 0 Å². The molecule has 0 aliphatic heterocycles. The first-order valence-corrected chi connectivity index (χ1v) is 6.55. The summed E-state index contributed by atoms with van der Waals surface area (Å²) in [6, 6.07) is 7.92. The van der Waals surface area contributed by atoms with E-state index in [4.69, 9.17) is 5.26 Å². The molecule has 0 aromatic heterocycles. The maximum Gasteiger partial charge on any atom is 0.322 e. The van der Waals surface area contributed by atoms with Crippen LogP contribution in [0.15, 0.2) is 24.3 Å². The van der Waals surface area contributed by atoms with E-state index in [9.17, 15) is 13.2 Å². The van der Waals surface area contributed by atoms with Crippen LogP contribution in [-0.4, -0.2) is 34.3 Å². The summed E-state index contributed by atoms with van der Waals surface area (Å²) in [4.78, 5) is 11.0. The Labute approximate surface area is 105 Å². The number of anilines is 1. The fourth-order valence-electron chi connectivity index (χ4n) is 1.21. The molecule has 0 fully saturated rings. The second-order valence-corrected chi connectivity index (χ2v) is 5.46. The van der Waals surface area contributed by atoms with E-state index in [1.54, 1.807) is 0 Å². The number of methoxy groups -OCH3 is 1. The summed E-state index contributed by atoms with van der Waals surface area (Å²) < 4.78 is 28.9. The van der Waals surface area contributed by atoms with Gasteiger partial charge in [-0.3, -0.25) is 9.10 Å². The molecule has 1 aromatic rings. The summed E-state index contributed by atoms with van der Waals surface area (Å²) in [7, 11) is -1.31. The molecule has 0 heterocycles. The molecule has 0 saturated carbocycles. The summed E-state index contributed by atoms with van der Waals surface area (Å²) in [6.45, 7) is 0. The van der Waals surface area contributed by atoms with Crippen molar-refractivity contribution in [3.63, 3.8) is 0 Å². The van der Waals surface area contributed by atoms with Gasteiger partial charge in [0.15, 0.2) is 5.75 Å². The lowest BCUT2D eigenvalue weighted by Crippen LogP contribution is -2.32. The van der Waals surface area contributed by atoms with Gasteiger partial charge in [-0.2, -0.15) is 5.26 Å². The van der Waals surface area contributed by atoms with Crippen molar-refractivity contribution in [3.8, 4) is 6.07 Å². The van der Waals surface area contributed by atoms with E-state index in [1.807, 2.05) is 6.07 Å². The van der Waals surface area contributed by atoms with Crippen LogP contribution in [0, 0.1) is 11.3 Å². The van der Waals surface area contributed by atoms with Crippen LogP contribution in [0.25, 0.3) is 0 Å². The number of hydrogen-bond donors (Lipinski definition) is 0. The molecular weight excluding hydrogens is 256 g/mol. The fraction of sp³-hybridized carbons (Fsp3) is 0.273. The molecule has 0 saturated heterocycles. The van der Waals surface area contributed by atoms with E-state index in [0.717, 1.165) is 11.4 Å². The Kier molecular flexibility index (Phi) is 4.28. The highest BCUT2D eigenvalue weighted by molar-refractivity contribution is 7.93. The molecule has 0 bridgehead atoms. The van der Waals surface area contributed by atoms with Gasteiger partial charge in [-0.1, -0.05) is 0 Å². The lowest BCUT2D eigenvalue weighted by atomic mass is 10.2. The largest absolute Gasteiger partial charge is 0.468 e. The Balaban J connectivity index is 2.95. The minimum absolute atomic E-state index is 0.373. The minimum atomic E-state index is -3.77. The number of esters is 1. The number of carbonyl (C=O) groups is 1. The Hall–Kier alpha value is -2.07. The maximum absolute atomic E-state index is 11.8. The van der Waals surface area contributed by atoms with E-state index in [1.165, 1.54) is 31.3 Å². The number of nitrogens with zero attached hydrogens (tertiary/aromatic N) is 2. The standard InChI is InChI=1S/C11H12N2O4S/c1-13(18(15,16)8-11(14)17-2)10-5-3-9(7-12)4-6-10/h3-6H,8H2,1-2H3. The molecule has 0 radical (unpaired) electrons. The SMILES string of the molecule is COC(=O)CS(=O)(=O)N(C)c1ccc(C#N)cc1. The second-order valence-electron chi connectivity index (χ2n) is 3.46. The summed E-state index contributed by atoms with van der Waals surface area (Å²) >= 11 is 0. The molecule has 0 N–H and O–H groups in total. The van der Waals surface area contributed by atoms with Gasteiger partial charge in [0.2, 0.25) is 10.0 Å². The molecule has 0 unspecified atom stereocenters. The summed E-state index contributed by atoms with van der Waals surface area (Å²) in [5, 5.41) is 8.63. The molecule has 96 valence electrons. The van der Waals surface area contributed by atoms with E-state index in [-0.39, 0.29) is 0 Å². The zero-order chi connectivity index (χ0) is 13.8. The van der Waals surface area contributed by atoms with Crippen molar-refractivity contribution < 1.29 is 17.9 Å². The zero-order valence-corrected chi connectivity index (χ0v) is 10.8. The van der Waals surface area contributed by atoms with Gasteiger partial charge in [-0.25, -0.2) is 8.42 Å². The molecule has 0 aliphatic carbocycles. The number of benzene rings is 1. The molecule has 18 heavy (non-hydrogen) atoms. The van der Waals surface area contributed by atoms with Gasteiger partial charge in [0.05, 0.1) is 24.4 Å². The van der Waals surface area contributed by atoms with Gasteiger partial charge >= 0.3 is 5.97 Å². The zero-order valence-electron chi connectivity index (χ0n) is 9.95. The number of hydrogen-bond acceptors (Lipinski definition) is 5. The monoisotopic (exact) mass is 268 g/mol. The van der Waals surface area contributed by atoms with Crippen molar-refractivity contribution >= 4 is 21.7 Å². The van der Waals surface area contributed by atoms with Crippen LogP contribution in [0.4, 0.5) is 5.69 Å². The van der Waals surface area contributed by atoms with Crippen molar-refractivity contribution in [3.05, 3.63) is 29.8 Å². The van der Waals surface area contributed by atoms with E-state index < -0.39 is 21.7 Å². The summed E-state index contributed by atoms with van der Waals surface area (Å²) in [5.74, 6) is -1.55. The molecule has 6 nitrogen and oxygen atoms in total. The molecular formula is C11H12N2O4S. The molecule has 1 aromatic carbocycles. The Morgan fingerprint density at radius 2 is 1.94 bits per heavy atom. The molecule has 0 aliphatic rings. The summed E-state index contributed by atoms with van der Waals surface area (Å²) in [6.07, 6.45) is 0. The van der Waals surface area contributed by atoms with Gasteiger partial charge in [0, 0.05) is 7.05 Å². The summed E-state index contributed by atoms with van der Waals surface area (Å²) in [5.41, 5.74) is 0.801. The molecule has 0 atom stereocenters. The fourth-order valence-corrected chi connectivity index (χ4v) is 2.26. The van der Waals surface area contributed by atoms with Crippen molar-refractivity contribution in [2.75, 3.05) is 24.2 Å². The third-order valence-electron chi connectivity index (χ3n) is 2.31. The smallest absolute Gasteiger partial charge is 0.322 e. The molecule has 0 spiro atoms. The van der Waals surface area contributed by atoms with Crippen LogP contribution < -0.4 is 4.31 Å². The Morgan fingerprint density at radius 1 is 1.39 bits per heavy atom. The van der Waals surface area contributed by atoms with Gasteiger partial charge < -0.3 is 4.74 Å². The van der Waals surface area contributed by atoms with Crippen molar-refractivity contribution in [2.45, 2.75) is 0 Å². The normalized spacial score (nSPS) is 10.5. The highest BCUT2D eigenvalue weighted by atomic mass is 32.2. The average Bonchev–Trinajstić information content (AvgIpc) is 2.37. The van der Waals surface area contributed by atoms with Crippen LogP contribution in [0.1, 0.15) is 5.56 Å². The first-order valence-electron chi connectivity index (χ1n) is 4.94. The van der Waals surface area contributed by atoms with Crippen molar-refractivity contribution in [2.24, 2.45) is 0 Å². The van der Waals surface area contributed by atoms with Crippen LogP contribution in [0.5, 0.6) is 0 Å². The van der Waals surface area contributed by atoms with Crippen LogP contribution in [0.3, 0.4) is 0 Å². The van der Waals surface area contributed by atoms with E-state index >= 15 is 0 Å². The predicted molar refractivity (Wildman–Crippen MR) is 65.4 cm³/mol. The third-order valence-corrected chi connectivity index (χ3v) is 3.95. The quantitative estimate of drug-likeness (QED) is 0.742. The van der Waals surface area contributed by atoms with Gasteiger partial charge in [-0.05, 0) is 24.3 Å². The van der Waals surface area contributed by atoms with Gasteiger partial charge in [-0.15, -0.1) is 0 Å². The second kappa shape index (κ2) is 5.51. The number of ether oxygens (including phenoxy) is 1. The lowest BCUT2D eigenvalue weighted by Gasteiger charge is -2.18. The Bertz CT molecular complexity index is 572. The Morgan fingerprint density at radius 3 is 2.39 bits per heavy atom. The van der Waals surface area contributed by atoms with Gasteiger partial charge in [0.1, 0.15) is 0 Å². The lowest BCUT2D eigenvalue weighted by molar-refractivity contribution is -0.137. The topological polar surface area (TPSA) is 87.5 Å². The highest BCUT2D eigenvalue weighted by Crippen LogP contribution is 2.17.